The van der Waals surface area contributed by atoms with E-state index in [1.807, 2.05) is 24.3 Å². The van der Waals surface area contributed by atoms with Gasteiger partial charge in [-0.2, -0.15) is 4.31 Å². The molecule has 25 heavy (non-hydrogen) atoms. The molecule has 132 valence electrons. The van der Waals surface area contributed by atoms with Crippen LogP contribution in [0.4, 0.5) is 5.69 Å². The number of halogens is 1. The van der Waals surface area contributed by atoms with Crippen molar-refractivity contribution in [1.29, 1.82) is 0 Å². The smallest absolute Gasteiger partial charge is 0.243 e. The monoisotopic (exact) mass is 424 g/mol. The van der Waals surface area contributed by atoms with Crippen LogP contribution in [-0.2, 0) is 10.0 Å². The number of hydrogen-bond donors (Lipinski definition) is 0. The summed E-state index contributed by atoms with van der Waals surface area (Å²) in [6.07, 6.45) is 0. The Morgan fingerprint density at radius 1 is 0.920 bits per heavy atom. The summed E-state index contributed by atoms with van der Waals surface area (Å²) in [4.78, 5) is 2.48. The number of ether oxygens (including phenoxy) is 2. The summed E-state index contributed by atoms with van der Waals surface area (Å²) < 4.78 is 38.6. The molecule has 0 bridgehead atoms. The van der Waals surface area contributed by atoms with Crippen LogP contribution < -0.4 is 14.4 Å². The van der Waals surface area contributed by atoms with Gasteiger partial charge in [-0.3, -0.25) is 0 Å². The van der Waals surface area contributed by atoms with Crippen molar-refractivity contribution in [2.75, 3.05) is 37.9 Å². The number of benzene rings is 2. The van der Waals surface area contributed by atoms with Gasteiger partial charge in [0.1, 0.15) is 0 Å². The zero-order chi connectivity index (χ0) is 17.4. The van der Waals surface area contributed by atoms with E-state index in [4.69, 9.17) is 9.47 Å². The first-order chi connectivity index (χ1) is 12.0. The lowest BCUT2D eigenvalue weighted by Crippen LogP contribution is -2.48. The standard InChI is InChI=1S/C17H17BrN2O4S/c18-13-2-1-3-15(10-13)25(21,22)20-8-6-19(7-9-20)14-4-5-16-17(11-14)24-12-23-16/h1-5,10-11H,6-9,12H2. The predicted molar refractivity (Wildman–Crippen MR) is 97.7 cm³/mol. The van der Waals surface area contributed by atoms with Gasteiger partial charge in [0.05, 0.1) is 4.90 Å². The Bertz CT molecular complexity index is 895. The van der Waals surface area contributed by atoms with Crippen LogP contribution in [0.2, 0.25) is 0 Å². The zero-order valence-electron chi connectivity index (χ0n) is 13.4. The van der Waals surface area contributed by atoms with Crippen molar-refractivity contribution in [1.82, 2.24) is 4.31 Å². The molecule has 2 aromatic carbocycles. The lowest BCUT2D eigenvalue weighted by molar-refractivity contribution is 0.174. The molecule has 2 aromatic rings. The number of piperazine rings is 1. The average Bonchev–Trinajstić information content (AvgIpc) is 3.09. The summed E-state index contributed by atoms with van der Waals surface area (Å²) in [6.45, 7) is 2.41. The first kappa shape index (κ1) is 16.7. The number of hydrogen-bond acceptors (Lipinski definition) is 5. The van der Waals surface area contributed by atoms with Crippen molar-refractivity contribution in [2.24, 2.45) is 0 Å². The average molecular weight is 425 g/mol. The second-order valence-electron chi connectivity index (χ2n) is 5.89. The molecule has 2 aliphatic rings. The van der Waals surface area contributed by atoms with E-state index < -0.39 is 10.0 Å². The molecule has 1 saturated heterocycles. The van der Waals surface area contributed by atoms with Gasteiger partial charge < -0.3 is 14.4 Å². The molecule has 0 atom stereocenters. The third-order valence-corrected chi connectivity index (χ3v) is 6.78. The van der Waals surface area contributed by atoms with Gasteiger partial charge in [0.2, 0.25) is 16.8 Å². The number of fused-ring (bicyclic) bond motifs is 1. The summed E-state index contributed by atoms with van der Waals surface area (Å²) in [5.74, 6) is 1.49. The second-order valence-corrected chi connectivity index (χ2v) is 8.74. The Balaban J connectivity index is 1.48. The molecule has 0 N–H and O–H groups in total. The molecule has 0 saturated carbocycles. The van der Waals surface area contributed by atoms with Gasteiger partial charge in [0.15, 0.2) is 11.5 Å². The molecule has 0 aliphatic carbocycles. The van der Waals surface area contributed by atoms with Gasteiger partial charge in [0.25, 0.3) is 0 Å². The summed E-state index contributed by atoms with van der Waals surface area (Å²) in [5, 5.41) is 0. The van der Waals surface area contributed by atoms with Crippen LogP contribution in [0.5, 0.6) is 11.5 Å². The van der Waals surface area contributed by atoms with E-state index in [2.05, 4.69) is 20.8 Å². The van der Waals surface area contributed by atoms with E-state index in [0.717, 1.165) is 21.7 Å². The van der Waals surface area contributed by atoms with E-state index in [-0.39, 0.29) is 6.79 Å². The molecule has 0 radical (unpaired) electrons. The van der Waals surface area contributed by atoms with Crippen molar-refractivity contribution in [3.8, 4) is 11.5 Å². The molecule has 8 heteroatoms. The molecule has 2 aliphatic heterocycles. The maximum atomic E-state index is 12.8. The third kappa shape index (κ3) is 3.21. The van der Waals surface area contributed by atoms with Crippen LogP contribution in [0.3, 0.4) is 0 Å². The van der Waals surface area contributed by atoms with Gasteiger partial charge in [-0.15, -0.1) is 0 Å². The Kier molecular flexibility index (Phi) is 4.35. The maximum absolute atomic E-state index is 12.8. The van der Waals surface area contributed by atoms with Crippen LogP contribution in [0.1, 0.15) is 0 Å². The summed E-state index contributed by atoms with van der Waals surface area (Å²) in [6, 6.07) is 12.6. The molecule has 4 rings (SSSR count). The van der Waals surface area contributed by atoms with Crippen LogP contribution in [0.25, 0.3) is 0 Å². The number of sulfonamides is 1. The van der Waals surface area contributed by atoms with Gasteiger partial charge in [0, 0.05) is 42.4 Å². The molecular formula is C17H17BrN2O4S. The van der Waals surface area contributed by atoms with Crippen molar-refractivity contribution in [3.63, 3.8) is 0 Å². The van der Waals surface area contributed by atoms with E-state index in [1.165, 1.54) is 4.31 Å². The highest BCUT2D eigenvalue weighted by atomic mass is 79.9. The Labute approximate surface area is 155 Å². The fourth-order valence-electron chi connectivity index (χ4n) is 3.05. The lowest BCUT2D eigenvalue weighted by Gasteiger charge is -2.35. The van der Waals surface area contributed by atoms with Crippen LogP contribution in [0.15, 0.2) is 51.8 Å². The van der Waals surface area contributed by atoms with Crippen LogP contribution >= 0.6 is 15.9 Å². The van der Waals surface area contributed by atoms with Gasteiger partial charge in [-0.25, -0.2) is 8.42 Å². The summed E-state index contributed by atoms with van der Waals surface area (Å²) >= 11 is 3.33. The Morgan fingerprint density at radius 3 is 2.44 bits per heavy atom. The molecule has 1 fully saturated rings. The molecule has 0 spiro atoms. The first-order valence-electron chi connectivity index (χ1n) is 7.94. The molecule has 0 aromatic heterocycles. The van der Waals surface area contributed by atoms with E-state index in [1.54, 1.807) is 18.2 Å². The van der Waals surface area contributed by atoms with Gasteiger partial charge in [-0.1, -0.05) is 22.0 Å². The van der Waals surface area contributed by atoms with Gasteiger partial charge >= 0.3 is 0 Å². The van der Waals surface area contributed by atoms with E-state index in [9.17, 15) is 8.42 Å². The highest BCUT2D eigenvalue weighted by Crippen LogP contribution is 2.35. The first-order valence-corrected chi connectivity index (χ1v) is 10.2. The number of anilines is 1. The maximum Gasteiger partial charge on any atom is 0.243 e. The Hall–Kier alpha value is -1.77. The zero-order valence-corrected chi connectivity index (χ0v) is 15.8. The lowest BCUT2D eigenvalue weighted by atomic mass is 10.2. The SMILES string of the molecule is O=S(=O)(c1cccc(Br)c1)N1CCN(c2ccc3c(c2)OCO3)CC1. The second kappa shape index (κ2) is 6.51. The number of nitrogens with zero attached hydrogens (tertiary/aromatic N) is 2. The van der Waals surface area contributed by atoms with Crippen molar-refractivity contribution >= 4 is 31.6 Å². The molecular weight excluding hydrogens is 408 g/mol. The summed E-state index contributed by atoms with van der Waals surface area (Å²) in [7, 11) is -3.47. The summed E-state index contributed by atoms with van der Waals surface area (Å²) in [5.41, 5.74) is 1.02. The fourth-order valence-corrected chi connectivity index (χ4v) is 5.06. The molecule has 0 unspecified atom stereocenters. The van der Waals surface area contributed by atoms with Crippen molar-refractivity contribution in [3.05, 3.63) is 46.9 Å². The van der Waals surface area contributed by atoms with Crippen LogP contribution in [-0.4, -0.2) is 45.7 Å². The van der Waals surface area contributed by atoms with E-state index >= 15 is 0 Å². The van der Waals surface area contributed by atoms with Crippen LogP contribution in [0, 0.1) is 0 Å². The Morgan fingerprint density at radius 2 is 1.68 bits per heavy atom. The minimum atomic E-state index is -3.47. The highest BCUT2D eigenvalue weighted by Gasteiger charge is 2.29. The largest absolute Gasteiger partial charge is 0.454 e. The predicted octanol–water partition coefficient (Wildman–Crippen LogP) is 2.69. The third-order valence-electron chi connectivity index (χ3n) is 4.39. The van der Waals surface area contributed by atoms with E-state index in [0.29, 0.717) is 31.1 Å². The topological polar surface area (TPSA) is 59.1 Å². The van der Waals surface area contributed by atoms with Gasteiger partial charge in [-0.05, 0) is 30.3 Å². The molecule has 2 heterocycles. The molecule has 6 nitrogen and oxygen atoms in total. The molecule has 0 amide bonds. The van der Waals surface area contributed by atoms with Crippen molar-refractivity contribution < 1.29 is 17.9 Å². The van der Waals surface area contributed by atoms with Crippen molar-refractivity contribution in [2.45, 2.75) is 4.90 Å². The quantitative estimate of drug-likeness (QED) is 0.757. The fraction of sp³-hybridized carbons (Fsp3) is 0.294. The normalized spacial score (nSPS) is 17.7. The minimum Gasteiger partial charge on any atom is -0.454 e. The highest BCUT2D eigenvalue weighted by molar-refractivity contribution is 9.10. The minimum absolute atomic E-state index is 0.247. The number of rotatable bonds is 3.